The molecule has 0 spiro atoms. The van der Waals surface area contributed by atoms with E-state index in [1.165, 1.54) is 0 Å². The van der Waals surface area contributed by atoms with Gasteiger partial charge in [-0.15, -0.1) is 0 Å². The minimum absolute atomic E-state index is 0.0607. The Morgan fingerprint density at radius 2 is 1.79 bits per heavy atom. The van der Waals surface area contributed by atoms with Crippen LogP contribution in [0.2, 0.25) is 0 Å². The van der Waals surface area contributed by atoms with Crippen LogP contribution in [0.15, 0.2) is 60.7 Å². The van der Waals surface area contributed by atoms with E-state index in [0.717, 1.165) is 31.2 Å². The van der Waals surface area contributed by atoms with Gasteiger partial charge in [-0.3, -0.25) is 14.5 Å². The van der Waals surface area contributed by atoms with Crippen LogP contribution >= 0.6 is 0 Å². The van der Waals surface area contributed by atoms with Crippen LogP contribution in [0.25, 0.3) is 6.08 Å². The van der Waals surface area contributed by atoms with Gasteiger partial charge in [-0.2, -0.15) is 0 Å². The fourth-order valence-electron chi connectivity index (χ4n) is 4.20. The van der Waals surface area contributed by atoms with Crippen LogP contribution < -0.4 is 15.0 Å². The molecule has 1 aliphatic heterocycles. The third-order valence-corrected chi connectivity index (χ3v) is 5.83. The molecule has 150 valence electrons. The van der Waals surface area contributed by atoms with Crippen molar-refractivity contribution in [1.29, 1.82) is 0 Å². The maximum absolute atomic E-state index is 13.4. The number of β-lactam (4-membered cyclic amide) rings is 1. The van der Waals surface area contributed by atoms with Gasteiger partial charge in [-0.1, -0.05) is 49.2 Å². The lowest BCUT2D eigenvalue weighted by atomic mass is 9.80. The van der Waals surface area contributed by atoms with E-state index >= 15 is 0 Å². The lowest BCUT2D eigenvalue weighted by molar-refractivity contribution is -0.137. The summed E-state index contributed by atoms with van der Waals surface area (Å²) >= 11 is 0. The van der Waals surface area contributed by atoms with Crippen molar-refractivity contribution >= 4 is 23.6 Å². The zero-order valence-corrected chi connectivity index (χ0v) is 16.6. The largest absolute Gasteiger partial charge is 0.497 e. The Morgan fingerprint density at radius 1 is 1.10 bits per heavy atom. The molecule has 0 aromatic heterocycles. The lowest BCUT2D eigenvalue weighted by Crippen LogP contribution is -2.70. The Bertz CT molecular complexity index is 901. The van der Waals surface area contributed by atoms with Crippen LogP contribution in [0.3, 0.4) is 0 Å². The molecule has 0 unspecified atom stereocenters. The standard InChI is InChI=1S/C24H26N2O3/c1-29-21-13-11-20(12-14-21)26-22(27)17-24(26,16-15-18-7-3-2-4-8-18)23(28)25-19-9-5-6-10-19/h2-4,7-8,11-16,19H,5-6,9-10,17H2,1H3,(H,25,28)/b16-15-/t24-/m1/s1. The highest BCUT2D eigenvalue weighted by Crippen LogP contribution is 2.40. The second kappa shape index (κ2) is 8.11. The normalized spacial score (nSPS) is 22.0. The Kier molecular flexibility index (Phi) is 5.38. The van der Waals surface area contributed by atoms with Gasteiger partial charge in [-0.05, 0) is 48.7 Å². The molecule has 1 N–H and O–H groups in total. The molecule has 1 saturated heterocycles. The van der Waals surface area contributed by atoms with Crippen molar-refractivity contribution in [3.05, 3.63) is 66.2 Å². The average molecular weight is 390 g/mol. The molecule has 2 aromatic carbocycles. The number of anilines is 1. The van der Waals surface area contributed by atoms with Crippen molar-refractivity contribution in [2.75, 3.05) is 12.0 Å². The molecule has 5 nitrogen and oxygen atoms in total. The maximum atomic E-state index is 13.4. The topological polar surface area (TPSA) is 58.6 Å². The average Bonchev–Trinajstić information content (AvgIpc) is 3.25. The van der Waals surface area contributed by atoms with Crippen LogP contribution in [0.5, 0.6) is 5.75 Å². The summed E-state index contributed by atoms with van der Waals surface area (Å²) < 4.78 is 5.22. The van der Waals surface area contributed by atoms with E-state index in [1.807, 2.05) is 66.7 Å². The van der Waals surface area contributed by atoms with Gasteiger partial charge in [0.1, 0.15) is 5.75 Å². The number of nitrogens with zero attached hydrogens (tertiary/aromatic N) is 1. The molecule has 2 aliphatic rings. The molecule has 1 saturated carbocycles. The summed E-state index contributed by atoms with van der Waals surface area (Å²) in [7, 11) is 1.60. The summed E-state index contributed by atoms with van der Waals surface area (Å²) in [6, 6.07) is 17.3. The summed E-state index contributed by atoms with van der Waals surface area (Å²) in [6.07, 6.45) is 8.25. The van der Waals surface area contributed by atoms with Crippen molar-refractivity contribution in [2.45, 2.75) is 43.7 Å². The van der Waals surface area contributed by atoms with E-state index in [1.54, 1.807) is 12.0 Å². The highest BCUT2D eigenvalue weighted by molar-refractivity contribution is 6.15. The minimum atomic E-state index is -1.01. The van der Waals surface area contributed by atoms with Gasteiger partial charge in [0, 0.05) is 11.7 Å². The molecule has 1 heterocycles. The number of rotatable bonds is 6. The smallest absolute Gasteiger partial charge is 0.251 e. The van der Waals surface area contributed by atoms with Crippen LogP contribution in [-0.4, -0.2) is 30.5 Å². The van der Waals surface area contributed by atoms with Crippen LogP contribution in [0.1, 0.15) is 37.7 Å². The van der Waals surface area contributed by atoms with Crippen molar-refractivity contribution < 1.29 is 14.3 Å². The number of carbonyl (C=O) groups excluding carboxylic acids is 2. The van der Waals surface area contributed by atoms with E-state index in [2.05, 4.69) is 5.32 Å². The zero-order chi connectivity index (χ0) is 20.3. The molecule has 2 aromatic rings. The van der Waals surface area contributed by atoms with E-state index in [9.17, 15) is 9.59 Å². The third-order valence-electron chi connectivity index (χ3n) is 5.83. The number of carbonyl (C=O) groups is 2. The Morgan fingerprint density at radius 3 is 2.41 bits per heavy atom. The summed E-state index contributed by atoms with van der Waals surface area (Å²) in [6.45, 7) is 0. The summed E-state index contributed by atoms with van der Waals surface area (Å²) in [5.74, 6) is 0.545. The number of amides is 2. The summed E-state index contributed by atoms with van der Waals surface area (Å²) in [5.41, 5.74) is 0.681. The van der Waals surface area contributed by atoms with Crippen LogP contribution in [-0.2, 0) is 9.59 Å². The number of nitrogens with one attached hydrogen (secondary N) is 1. The molecule has 1 aliphatic carbocycles. The van der Waals surface area contributed by atoms with E-state index in [4.69, 9.17) is 4.74 Å². The van der Waals surface area contributed by atoms with Gasteiger partial charge in [0.25, 0.3) is 5.91 Å². The number of benzene rings is 2. The Balaban J connectivity index is 1.67. The van der Waals surface area contributed by atoms with Gasteiger partial charge < -0.3 is 10.1 Å². The van der Waals surface area contributed by atoms with E-state index in [-0.39, 0.29) is 24.3 Å². The highest BCUT2D eigenvalue weighted by atomic mass is 16.5. The molecule has 4 rings (SSSR count). The Hall–Kier alpha value is -3.08. The molecule has 5 heteroatoms. The molecular weight excluding hydrogens is 364 g/mol. The monoisotopic (exact) mass is 390 g/mol. The minimum Gasteiger partial charge on any atom is -0.497 e. The SMILES string of the molecule is COc1ccc(N2C(=O)C[C@]2(/C=C\c2ccccc2)C(=O)NC2CCCC2)cc1. The van der Waals surface area contributed by atoms with E-state index in [0.29, 0.717) is 11.4 Å². The third kappa shape index (κ3) is 3.77. The maximum Gasteiger partial charge on any atom is 0.251 e. The lowest BCUT2D eigenvalue weighted by Gasteiger charge is -2.49. The van der Waals surface area contributed by atoms with Gasteiger partial charge in [0.2, 0.25) is 5.91 Å². The summed E-state index contributed by atoms with van der Waals surface area (Å²) in [5, 5.41) is 3.19. The van der Waals surface area contributed by atoms with Crippen LogP contribution in [0.4, 0.5) is 5.69 Å². The number of ether oxygens (including phenoxy) is 1. The Labute approximate surface area is 171 Å². The number of methoxy groups -OCH3 is 1. The van der Waals surface area contributed by atoms with Crippen molar-refractivity contribution in [1.82, 2.24) is 5.32 Å². The summed E-state index contributed by atoms with van der Waals surface area (Å²) in [4.78, 5) is 27.6. The molecule has 2 amide bonds. The quantitative estimate of drug-likeness (QED) is 0.760. The molecule has 1 atom stereocenters. The second-order valence-corrected chi connectivity index (χ2v) is 7.73. The molecule has 2 fully saturated rings. The van der Waals surface area contributed by atoms with E-state index < -0.39 is 5.54 Å². The number of hydrogen-bond donors (Lipinski definition) is 1. The van der Waals surface area contributed by atoms with Crippen molar-refractivity contribution in [3.8, 4) is 5.75 Å². The predicted molar refractivity (Wildman–Crippen MR) is 114 cm³/mol. The second-order valence-electron chi connectivity index (χ2n) is 7.73. The van der Waals surface area contributed by atoms with Gasteiger partial charge in [0.15, 0.2) is 5.54 Å². The molecule has 0 radical (unpaired) electrons. The fourth-order valence-corrected chi connectivity index (χ4v) is 4.20. The highest BCUT2D eigenvalue weighted by Gasteiger charge is 2.56. The zero-order valence-electron chi connectivity index (χ0n) is 16.6. The first kappa shape index (κ1) is 19.2. The van der Waals surface area contributed by atoms with Crippen LogP contribution in [0, 0.1) is 0 Å². The molecule has 0 bridgehead atoms. The molecular formula is C24H26N2O3. The van der Waals surface area contributed by atoms with Crippen molar-refractivity contribution in [3.63, 3.8) is 0 Å². The van der Waals surface area contributed by atoms with Crippen molar-refractivity contribution in [2.24, 2.45) is 0 Å². The molecule has 29 heavy (non-hydrogen) atoms. The van der Waals surface area contributed by atoms with Gasteiger partial charge in [-0.25, -0.2) is 0 Å². The first-order valence-corrected chi connectivity index (χ1v) is 10.1. The first-order valence-electron chi connectivity index (χ1n) is 10.1. The van der Waals surface area contributed by atoms with Gasteiger partial charge in [0.05, 0.1) is 13.5 Å². The van der Waals surface area contributed by atoms with Gasteiger partial charge >= 0.3 is 0 Å². The predicted octanol–water partition coefficient (Wildman–Crippen LogP) is 3.94. The number of hydrogen-bond acceptors (Lipinski definition) is 3. The first-order chi connectivity index (χ1) is 14.1. The fraction of sp³-hybridized carbons (Fsp3) is 0.333.